The molecule has 0 amide bonds. The summed E-state index contributed by atoms with van der Waals surface area (Å²) in [6.07, 6.45) is -0.668. The van der Waals surface area contributed by atoms with Crippen LogP contribution in [0.2, 0.25) is 5.02 Å². The molecule has 1 aromatic heterocycles. The van der Waals surface area contributed by atoms with Gasteiger partial charge in [0.15, 0.2) is 5.82 Å². The summed E-state index contributed by atoms with van der Waals surface area (Å²) in [6.45, 7) is 4.77. The highest BCUT2D eigenvalue weighted by atomic mass is 35.5. The molecule has 0 radical (unpaired) electrons. The van der Waals surface area contributed by atoms with E-state index >= 15 is 0 Å². The molecule has 0 saturated heterocycles. The van der Waals surface area contributed by atoms with Gasteiger partial charge in [0, 0.05) is 5.39 Å². The zero-order valence-electron chi connectivity index (χ0n) is 11.4. The zero-order chi connectivity index (χ0) is 15.1. The Morgan fingerprint density at radius 2 is 2.10 bits per heavy atom. The summed E-state index contributed by atoms with van der Waals surface area (Å²) in [5.74, 6) is -0.624. The molecule has 0 aliphatic heterocycles. The van der Waals surface area contributed by atoms with E-state index in [1.165, 1.54) is 18.2 Å². The van der Waals surface area contributed by atoms with E-state index in [4.69, 9.17) is 16.3 Å². The van der Waals surface area contributed by atoms with Crippen molar-refractivity contribution in [2.75, 3.05) is 0 Å². The Morgan fingerprint density at radius 1 is 1.45 bits per heavy atom. The molecule has 1 aromatic carbocycles. The summed E-state index contributed by atoms with van der Waals surface area (Å²) >= 11 is 5.72. The molecule has 20 heavy (non-hydrogen) atoms. The summed E-state index contributed by atoms with van der Waals surface area (Å²) in [7, 11) is 0. The Morgan fingerprint density at radius 3 is 2.65 bits per heavy atom. The molecule has 0 atom stereocenters. The van der Waals surface area contributed by atoms with Gasteiger partial charge in [-0.3, -0.25) is 0 Å². The van der Waals surface area contributed by atoms with Gasteiger partial charge in [-0.25, -0.2) is 13.8 Å². The molecule has 108 valence electrons. The number of nitrogens with zero attached hydrogens (tertiary/aromatic N) is 1. The minimum Gasteiger partial charge on any atom is -0.443 e. The fourth-order valence-corrected chi connectivity index (χ4v) is 2.08. The summed E-state index contributed by atoms with van der Waals surface area (Å²) in [5, 5.41) is 9.48. The van der Waals surface area contributed by atoms with Crippen molar-refractivity contribution in [3.05, 3.63) is 34.7 Å². The summed E-state index contributed by atoms with van der Waals surface area (Å²) in [5.41, 5.74) is -0.133. The molecule has 1 N–H and O–H groups in total. The number of hydrogen-bond donors (Lipinski definition) is 1. The highest BCUT2D eigenvalue weighted by Gasteiger charge is 2.23. The van der Waals surface area contributed by atoms with Gasteiger partial charge >= 0.3 is 6.09 Å². The lowest BCUT2D eigenvalue weighted by Crippen LogP contribution is -2.28. The maximum Gasteiger partial charge on any atom is 0.419 e. The van der Waals surface area contributed by atoms with Crippen LogP contribution in [0, 0.1) is 5.82 Å². The predicted octanol–water partition coefficient (Wildman–Crippen LogP) is 3.71. The van der Waals surface area contributed by atoms with Crippen molar-refractivity contribution in [2.24, 2.45) is 0 Å². The van der Waals surface area contributed by atoms with E-state index in [9.17, 15) is 14.3 Å². The van der Waals surface area contributed by atoms with Crippen molar-refractivity contribution in [3.8, 4) is 0 Å². The maximum atomic E-state index is 14.0. The molecule has 0 spiro atoms. The number of halogens is 2. The lowest BCUT2D eigenvalue weighted by Gasteiger charge is -2.20. The second-order valence-electron chi connectivity index (χ2n) is 5.40. The van der Waals surface area contributed by atoms with Crippen molar-refractivity contribution >= 4 is 28.6 Å². The summed E-state index contributed by atoms with van der Waals surface area (Å²) in [4.78, 5) is 12.2. The van der Waals surface area contributed by atoms with E-state index < -0.39 is 24.1 Å². The number of carbonyl (C=O) groups excluding carboxylic acids is 1. The van der Waals surface area contributed by atoms with Crippen LogP contribution in [0.15, 0.2) is 18.2 Å². The molecule has 6 heteroatoms. The molecule has 2 rings (SSSR count). The van der Waals surface area contributed by atoms with Gasteiger partial charge < -0.3 is 9.84 Å². The number of benzene rings is 1. The molecule has 0 aliphatic rings. The fourth-order valence-electron chi connectivity index (χ4n) is 1.91. The van der Waals surface area contributed by atoms with E-state index in [-0.39, 0.29) is 16.1 Å². The van der Waals surface area contributed by atoms with E-state index in [1.54, 1.807) is 20.8 Å². The molecule has 0 saturated carbocycles. The molecule has 0 unspecified atom stereocenters. The van der Waals surface area contributed by atoms with Crippen LogP contribution < -0.4 is 0 Å². The van der Waals surface area contributed by atoms with Gasteiger partial charge in [0.2, 0.25) is 0 Å². The molecule has 0 bridgehead atoms. The number of aliphatic hydroxyl groups is 1. The fraction of sp³-hybridized carbons (Fsp3) is 0.357. The number of aromatic nitrogens is 1. The number of rotatable bonds is 1. The molecule has 4 nitrogen and oxygen atoms in total. The Bertz CT molecular complexity index is 673. The first-order chi connectivity index (χ1) is 9.24. The van der Waals surface area contributed by atoms with Crippen molar-refractivity contribution in [3.63, 3.8) is 0 Å². The minimum absolute atomic E-state index is 0.0386. The lowest BCUT2D eigenvalue weighted by molar-refractivity contribution is 0.0533. The first-order valence-corrected chi connectivity index (χ1v) is 6.45. The Labute approximate surface area is 120 Å². The van der Waals surface area contributed by atoms with Crippen molar-refractivity contribution in [2.45, 2.75) is 33.0 Å². The first kappa shape index (κ1) is 14.8. The van der Waals surface area contributed by atoms with Crippen LogP contribution in [0.4, 0.5) is 9.18 Å². The number of carbonyl (C=O) groups is 1. The third-order valence-electron chi connectivity index (χ3n) is 2.69. The van der Waals surface area contributed by atoms with Crippen LogP contribution in [0.25, 0.3) is 10.9 Å². The monoisotopic (exact) mass is 299 g/mol. The summed E-state index contributed by atoms with van der Waals surface area (Å²) < 4.78 is 20.4. The molecule has 0 fully saturated rings. The molecular weight excluding hydrogens is 285 g/mol. The van der Waals surface area contributed by atoms with Gasteiger partial charge in [-0.15, -0.1) is 0 Å². The van der Waals surface area contributed by atoms with Crippen LogP contribution in [-0.2, 0) is 11.3 Å². The highest BCUT2D eigenvalue weighted by Crippen LogP contribution is 2.28. The second-order valence-corrected chi connectivity index (χ2v) is 5.81. The van der Waals surface area contributed by atoms with E-state index in [0.29, 0.717) is 5.52 Å². The molecule has 2 aromatic rings. The highest BCUT2D eigenvalue weighted by molar-refractivity contribution is 6.31. The lowest BCUT2D eigenvalue weighted by atomic mass is 10.2. The summed E-state index contributed by atoms with van der Waals surface area (Å²) in [6, 6.07) is 4.27. The number of fused-ring (bicyclic) bond motifs is 1. The average Bonchev–Trinajstić information content (AvgIpc) is 2.71. The van der Waals surface area contributed by atoms with Gasteiger partial charge in [-0.2, -0.15) is 0 Å². The molecular formula is C14H15ClFNO3. The maximum absolute atomic E-state index is 14.0. The van der Waals surface area contributed by atoms with Crippen LogP contribution >= 0.6 is 11.6 Å². The number of aliphatic hydroxyl groups excluding tert-OH is 1. The van der Waals surface area contributed by atoms with E-state index in [2.05, 4.69) is 0 Å². The zero-order valence-corrected chi connectivity index (χ0v) is 12.2. The predicted molar refractivity (Wildman–Crippen MR) is 74.5 cm³/mol. The topological polar surface area (TPSA) is 51.5 Å². The molecule has 0 aliphatic carbocycles. The average molecular weight is 300 g/mol. The van der Waals surface area contributed by atoms with Crippen LogP contribution in [0.1, 0.15) is 26.5 Å². The first-order valence-electron chi connectivity index (χ1n) is 6.07. The molecule has 1 heterocycles. The third-order valence-corrected chi connectivity index (χ3v) is 2.98. The van der Waals surface area contributed by atoms with Gasteiger partial charge in [-0.05, 0) is 39.0 Å². The van der Waals surface area contributed by atoms with Crippen LogP contribution in [0.3, 0.4) is 0 Å². The number of ether oxygens (including phenoxy) is 1. The second kappa shape index (κ2) is 5.07. The van der Waals surface area contributed by atoms with E-state index in [1.807, 2.05) is 0 Å². The van der Waals surface area contributed by atoms with Gasteiger partial charge in [0.05, 0.1) is 22.8 Å². The largest absolute Gasteiger partial charge is 0.443 e. The normalized spacial score (nSPS) is 11.9. The van der Waals surface area contributed by atoms with Gasteiger partial charge in [-0.1, -0.05) is 11.6 Å². The van der Waals surface area contributed by atoms with Crippen molar-refractivity contribution in [1.82, 2.24) is 4.57 Å². The van der Waals surface area contributed by atoms with Crippen LogP contribution in [-0.4, -0.2) is 21.4 Å². The van der Waals surface area contributed by atoms with Crippen LogP contribution in [0.5, 0.6) is 0 Å². The van der Waals surface area contributed by atoms with Crippen molar-refractivity contribution in [1.29, 1.82) is 0 Å². The SMILES string of the molecule is CC(C)(C)OC(=O)n1c(CO)cc2c(F)c(Cl)ccc21. The van der Waals surface area contributed by atoms with E-state index in [0.717, 1.165) is 4.57 Å². The standard InChI is InChI=1S/C14H15ClFNO3/c1-14(2,3)20-13(19)17-8(7-18)6-9-11(17)5-4-10(15)12(9)16/h4-6,18H,7H2,1-3H3. The minimum atomic E-state index is -0.689. The third kappa shape index (κ3) is 2.64. The Hall–Kier alpha value is -1.59. The van der Waals surface area contributed by atoms with Crippen molar-refractivity contribution < 1.29 is 19.0 Å². The quantitative estimate of drug-likeness (QED) is 0.873. The Kier molecular flexibility index (Phi) is 3.75. The smallest absolute Gasteiger partial charge is 0.419 e. The van der Waals surface area contributed by atoms with Gasteiger partial charge in [0.25, 0.3) is 0 Å². The Balaban J connectivity index is 2.63. The number of hydrogen-bond acceptors (Lipinski definition) is 3. The van der Waals surface area contributed by atoms with Gasteiger partial charge in [0.1, 0.15) is 5.60 Å².